The Morgan fingerprint density at radius 2 is 1.62 bits per heavy atom. The van der Waals surface area contributed by atoms with Crippen LogP contribution in [-0.2, 0) is 0 Å². The fourth-order valence-corrected chi connectivity index (χ4v) is 4.31. The van der Waals surface area contributed by atoms with Crippen LogP contribution in [0.3, 0.4) is 0 Å². The van der Waals surface area contributed by atoms with Crippen LogP contribution in [0, 0.1) is 6.92 Å². The molecule has 156 valence electrons. The maximum Gasteiger partial charge on any atom is 0.255 e. The number of nitrogens with zero attached hydrogens (tertiary/aromatic N) is 1. The number of nitrogens with one attached hydrogen (secondary N) is 2. The normalized spacial score (nSPS) is 10.8. The number of carbonyl (C=O) groups excluding carboxylic acids is 1. The fraction of sp³-hybridized carbons (Fsp3) is 0.0370. The maximum atomic E-state index is 12.7. The highest BCUT2D eigenvalue weighted by molar-refractivity contribution is 7.14. The molecular weight excluding hydrogens is 414 g/mol. The minimum Gasteiger partial charge on any atom is -0.332 e. The smallest absolute Gasteiger partial charge is 0.255 e. The molecule has 0 aliphatic carbocycles. The lowest BCUT2D eigenvalue weighted by Gasteiger charge is -2.07. The molecule has 5 heteroatoms. The molecule has 1 heterocycles. The topological polar surface area (TPSA) is 54.0 Å². The van der Waals surface area contributed by atoms with Gasteiger partial charge in [0.25, 0.3) is 5.91 Å². The largest absolute Gasteiger partial charge is 0.332 e. The summed E-state index contributed by atoms with van der Waals surface area (Å²) < 4.78 is 0. The summed E-state index contributed by atoms with van der Waals surface area (Å²) in [6, 6.07) is 29.7. The number of carbonyl (C=O) groups is 1. The van der Waals surface area contributed by atoms with Crippen molar-refractivity contribution in [3.63, 3.8) is 0 Å². The molecule has 0 aliphatic rings. The monoisotopic (exact) mass is 435 g/mol. The number of rotatable bonds is 5. The Kier molecular flexibility index (Phi) is 5.40. The second-order valence-corrected chi connectivity index (χ2v) is 8.48. The van der Waals surface area contributed by atoms with E-state index >= 15 is 0 Å². The molecule has 4 nitrogen and oxygen atoms in total. The first-order valence-electron chi connectivity index (χ1n) is 10.3. The molecule has 0 atom stereocenters. The molecule has 1 amide bonds. The van der Waals surface area contributed by atoms with Gasteiger partial charge in [-0.3, -0.25) is 4.79 Å². The molecule has 0 bridgehead atoms. The van der Waals surface area contributed by atoms with Crippen LogP contribution >= 0.6 is 11.3 Å². The Labute approximate surface area is 190 Å². The Bertz CT molecular complexity index is 1410. The summed E-state index contributed by atoms with van der Waals surface area (Å²) in [5.41, 5.74) is 5.52. The standard InChI is InChI=1S/C27H21N3OS/c1-18-5-4-8-24(15-18)29-27-30-25(17-32-27)20-11-13-23(14-12-20)28-26(31)22-10-9-19-6-2-3-7-21(19)16-22/h2-17H,1H3,(H,28,31)(H,29,30). The highest BCUT2D eigenvalue weighted by Gasteiger charge is 2.09. The first-order chi connectivity index (χ1) is 15.6. The van der Waals surface area contributed by atoms with Crippen molar-refractivity contribution in [2.24, 2.45) is 0 Å². The van der Waals surface area contributed by atoms with Crippen molar-refractivity contribution in [3.05, 3.63) is 108 Å². The molecule has 0 fully saturated rings. The van der Waals surface area contributed by atoms with E-state index < -0.39 is 0 Å². The second kappa shape index (κ2) is 8.65. The van der Waals surface area contributed by atoms with E-state index in [4.69, 9.17) is 4.98 Å². The molecule has 2 N–H and O–H groups in total. The third-order valence-electron chi connectivity index (χ3n) is 5.22. The van der Waals surface area contributed by atoms with Crippen LogP contribution in [0.15, 0.2) is 96.4 Å². The molecule has 32 heavy (non-hydrogen) atoms. The molecule has 0 saturated heterocycles. The van der Waals surface area contributed by atoms with Gasteiger partial charge in [0.05, 0.1) is 5.69 Å². The molecule has 4 aromatic carbocycles. The van der Waals surface area contributed by atoms with E-state index in [-0.39, 0.29) is 5.91 Å². The summed E-state index contributed by atoms with van der Waals surface area (Å²) in [6.45, 7) is 2.07. The van der Waals surface area contributed by atoms with Gasteiger partial charge in [0, 0.05) is 27.9 Å². The number of hydrogen-bond acceptors (Lipinski definition) is 4. The van der Waals surface area contributed by atoms with Crippen LogP contribution in [0.2, 0.25) is 0 Å². The van der Waals surface area contributed by atoms with Gasteiger partial charge in [0.1, 0.15) is 0 Å². The summed E-state index contributed by atoms with van der Waals surface area (Å²) in [5, 5.41) is 11.4. The fourth-order valence-electron chi connectivity index (χ4n) is 3.57. The van der Waals surface area contributed by atoms with Crippen molar-refractivity contribution in [2.75, 3.05) is 10.6 Å². The Hall–Kier alpha value is -3.96. The van der Waals surface area contributed by atoms with Gasteiger partial charge in [-0.1, -0.05) is 54.6 Å². The van der Waals surface area contributed by atoms with Crippen LogP contribution in [0.5, 0.6) is 0 Å². The van der Waals surface area contributed by atoms with Crippen LogP contribution in [0.1, 0.15) is 15.9 Å². The summed E-state index contributed by atoms with van der Waals surface area (Å²) in [4.78, 5) is 17.4. The van der Waals surface area contributed by atoms with E-state index in [2.05, 4.69) is 29.7 Å². The van der Waals surface area contributed by atoms with Crippen molar-refractivity contribution in [1.29, 1.82) is 0 Å². The van der Waals surface area contributed by atoms with Gasteiger partial charge >= 0.3 is 0 Å². The lowest BCUT2D eigenvalue weighted by molar-refractivity contribution is 0.102. The van der Waals surface area contributed by atoms with Crippen molar-refractivity contribution in [1.82, 2.24) is 4.98 Å². The molecule has 0 saturated carbocycles. The van der Waals surface area contributed by atoms with Crippen LogP contribution in [0.25, 0.3) is 22.0 Å². The molecule has 5 rings (SSSR count). The van der Waals surface area contributed by atoms with Crippen LogP contribution < -0.4 is 10.6 Å². The molecule has 1 aromatic heterocycles. The Morgan fingerprint density at radius 3 is 2.44 bits per heavy atom. The average Bonchev–Trinajstić information content (AvgIpc) is 3.27. The first kappa shape index (κ1) is 20.0. The van der Waals surface area contributed by atoms with E-state index in [1.54, 1.807) is 11.3 Å². The third kappa shape index (κ3) is 4.38. The Balaban J connectivity index is 1.27. The van der Waals surface area contributed by atoms with E-state index in [1.165, 1.54) is 5.56 Å². The number of aromatic nitrogens is 1. The zero-order chi connectivity index (χ0) is 21.9. The van der Waals surface area contributed by atoms with E-state index in [0.717, 1.165) is 38.5 Å². The number of hydrogen-bond donors (Lipinski definition) is 2. The lowest BCUT2D eigenvalue weighted by atomic mass is 10.1. The van der Waals surface area contributed by atoms with Gasteiger partial charge in [0.2, 0.25) is 0 Å². The molecule has 0 spiro atoms. The van der Waals surface area contributed by atoms with E-state index in [9.17, 15) is 4.79 Å². The molecule has 0 aliphatic heterocycles. The number of benzene rings is 4. The number of fused-ring (bicyclic) bond motifs is 1. The number of thiazole rings is 1. The van der Waals surface area contributed by atoms with Crippen molar-refractivity contribution < 1.29 is 4.79 Å². The van der Waals surface area contributed by atoms with Gasteiger partial charge in [-0.15, -0.1) is 11.3 Å². The van der Waals surface area contributed by atoms with E-state index in [0.29, 0.717) is 5.56 Å². The summed E-state index contributed by atoms with van der Waals surface area (Å²) >= 11 is 1.57. The molecule has 0 unspecified atom stereocenters. The SMILES string of the molecule is Cc1cccc(Nc2nc(-c3ccc(NC(=O)c4ccc5ccccc5c4)cc3)cs2)c1. The van der Waals surface area contributed by atoms with Gasteiger partial charge < -0.3 is 10.6 Å². The third-order valence-corrected chi connectivity index (χ3v) is 5.98. The lowest BCUT2D eigenvalue weighted by Crippen LogP contribution is -2.11. The summed E-state index contributed by atoms with van der Waals surface area (Å²) in [7, 11) is 0. The van der Waals surface area contributed by atoms with Crippen molar-refractivity contribution in [2.45, 2.75) is 6.92 Å². The summed E-state index contributed by atoms with van der Waals surface area (Å²) in [5.74, 6) is -0.123. The van der Waals surface area contributed by atoms with E-state index in [1.807, 2.05) is 84.2 Å². The van der Waals surface area contributed by atoms with Gasteiger partial charge in [-0.2, -0.15) is 0 Å². The minimum atomic E-state index is -0.123. The molecule has 5 aromatic rings. The number of anilines is 3. The van der Waals surface area contributed by atoms with Crippen molar-refractivity contribution in [3.8, 4) is 11.3 Å². The highest BCUT2D eigenvalue weighted by Crippen LogP contribution is 2.28. The zero-order valence-electron chi connectivity index (χ0n) is 17.5. The van der Waals surface area contributed by atoms with Gasteiger partial charge in [-0.25, -0.2) is 4.98 Å². The quantitative estimate of drug-likeness (QED) is 0.305. The second-order valence-electron chi connectivity index (χ2n) is 7.63. The Morgan fingerprint density at radius 1 is 0.812 bits per heavy atom. The number of aryl methyl sites for hydroxylation is 1. The average molecular weight is 436 g/mol. The summed E-state index contributed by atoms with van der Waals surface area (Å²) in [6.07, 6.45) is 0. The molecule has 0 radical (unpaired) electrons. The first-order valence-corrected chi connectivity index (χ1v) is 11.2. The number of amides is 1. The van der Waals surface area contributed by atoms with Crippen LogP contribution in [-0.4, -0.2) is 10.9 Å². The maximum absolute atomic E-state index is 12.7. The minimum absolute atomic E-state index is 0.123. The van der Waals surface area contributed by atoms with Gasteiger partial charge in [-0.05, 0) is 59.7 Å². The van der Waals surface area contributed by atoms with Crippen molar-refractivity contribution >= 4 is 44.5 Å². The zero-order valence-corrected chi connectivity index (χ0v) is 18.3. The van der Waals surface area contributed by atoms with Crippen LogP contribution in [0.4, 0.5) is 16.5 Å². The molecular formula is C27H21N3OS. The van der Waals surface area contributed by atoms with Gasteiger partial charge in [0.15, 0.2) is 5.13 Å². The highest BCUT2D eigenvalue weighted by atomic mass is 32.1. The predicted molar refractivity (Wildman–Crippen MR) is 134 cm³/mol. The predicted octanol–water partition coefficient (Wildman–Crippen LogP) is 7.27.